The predicted molar refractivity (Wildman–Crippen MR) is 167 cm³/mol. The lowest BCUT2D eigenvalue weighted by molar-refractivity contribution is 0.632. The first kappa shape index (κ1) is 25.0. The van der Waals surface area contributed by atoms with E-state index >= 15 is 0 Å². The number of nitrogens with zero attached hydrogens (tertiary/aromatic N) is 2. The first-order valence-electron chi connectivity index (χ1n) is 14.1. The van der Waals surface area contributed by atoms with E-state index in [-0.39, 0.29) is 5.41 Å². The van der Waals surface area contributed by atoms with Crippen LogP contribution in [0.25, 0.3) is 0 Å². The monoisotopic (exact) mass is 508 g/mol. The van der Waals surface area contributed by atoms with E-state index in [0.29, 0.717) is 0 Å². The molecule has 2 heteroatoms. The van der Waals surface area contributed by atoms with Crippen molar-refractivity contribution in [3.8, 4) is 0 Å². The maximum absolute atomic E-state index is 2.43. The minimum Gasteiger partial charge on any atom is -0.310 e. The molecular weight excluding hydrogens is 472 g/mol. The van der Waals surface area contributed by atoms with E-state index in [1.807, 2.05) is 0 Å². The van der Waals surface area contributed by atoms with E-state index in [2.05, 4.69) is 159 Å². The van der Waals surface area contributed by atoms with Crippen molar-refractivity contribution in [1.29, 1.82) is 0 Å². The first-order valence-corrected chi connectivity index (χ1v) is 14.1. The van der Waals surface area contributed by atoms with Crippen LogP contribution in [0, 0.1) is 0 Å². The Hall–Kier alpha value is -4.30. The largest absolute Gasteiger partial charge is 0.310 e. The zero-order chi connectivity index (χ0) is 27.0. The summed E-state index contributed by atoms with van der Waals surface area (Å²) in [6, 6.07) is 44.3. The molecule has 0 aromatic heterocycles. The zero-order valence-corrected chi connectivity index (χ0v) is 23.4. The summed E-state index contributed by atoms with van der Waals surface area (Å²) in [5.74, 6) is 0. The van der Waals surface area contributed by atoms with Crippen molar-refractivity contribution < 1.29 is 0 Å². The van der Waals surface area contributed by atoms with Gasteiger partial charge in [0.25, 0.3) is 0 Å². The van der Waals surface area contributed by atoms with Crippen LogP contribution in [-0.2, 0) is 18.3 Å². The summed E-state index contributed by atoms with van der Waals surface area (Å²) < 4.78 is 0. The number of anilines is 6. The number of hydrogen-bond donors (Lipinski definition) is 0. The Morgan fingerprint density at radius 3 is 1.46 bits per heavy atom. The average molecular weight is 509 g/mol. The number of hydrogen-bond acceptors (Lipinski definition) is 2. The molecule has 194 valence electrons. The second-order valence-corrected chi connectivity index (χ2v) is 10.8. The van der Waals surface area contributed by atoms with Gasteiger partial charge in [0, 0.05) is 28.2 Å². The van der Waals surface area contributed by atoms with Gasteiger partial charge < -0.3 is 9.80 Å². The summed E-state index contributed by atoms with van der Waals surface area (Å²) in [4.78, 5) is 4.85. The van der Waals surface area contributed by atoms with Crippen molar-refractivity contribution in [3.63, 3.8) is 0 Å². The van der Waals surface area contributed by atoms with Gasteiger partial charge >= 0.3 is 0 Å². The molecule has 0 saturated heterocycles. The Labute approximate surface area is 233 Å². The second kappa shape index (κ2) is 10.1. The van der Waals surface area contributed by atoms with Crippen LogP contribution in [0.1, 0.15) is 49.9 Å². The number of rotatable bonds is 6. The van der Waals surface area contributed by atoms with Gasteiger partial charge in [-0.25, -0.2) is 0 Å². The fraction of sp³-hybridized carbons (Fsp3) is 0.189. The normalized spacial score (nSPS) is 13.5. The average Bonchev–Trinajstić information content (AvgIpc) is 2.99. The van der Waals surface area contributed by atoms with Gasteiger partial charge in [0.05, 0.1) is 11.4 Å². The van der Waals surface area contributed by atoms with Gasteiger partial charge in [0.1, 0.15) is 0 Å². The van der Waals surface area contributed by atoms with Crippen molar-refractivity contribution in [3.05, 3.63) is 144 Å². The highest BCUT2D eigenvalue weighted by Gasteiger charge is 2.36. The second-order valence-electron chi connectivity index (χ2n) is 10.8. The Kier molecular flexibility index (Phi) is 6.48. The van der Waals surface area contributed by atoms with E-state index in [9.17, 15) is 0 Å². The highest BCUT2D eigenvalue weighted by Crippen LogP contribution is 2.52. The summed E-state index contributed by atoms with van der Waals surface area (Å²) in [6.45, 7) is 9.13. The molecule has 0 amide bonds. The van der Waals surface area contributed by atoms with Crippen LogP contribution in [0.5, 0.6) is 0 Å². The van der Waals surface area contributed by atoms with Crippen LogP contribution in [0.15, 0.2) is 121 Å². The molecule has 5 aromatic carbocycles. The maximum atomic E-state index is 2.43. The van der Waals surface area contributed by atoms with Crippen LogP contribution >= 0.6 is 0 Å². The van der Waals surface area contributed by atoms with Crippen molar-refractivity contribution in [2.24, 2.45) is 0 Å². The molecule has 5 aromatic rings. The molecule has 1 aliphatic heterocycles. The van der Waals surface area contributed by atoms with E-state index in [4.69, 9.17) is 0 Å². The molecular formula is C37H36N2. The maximum Gasteiger partial charge on any atom is 0.0502 e. The molecule has 39 heavy (non-hydrogen) atoms. The number of fused-ring (bicyclic) bond motifs is 2. The molecule has 6 rings (SSSR count). The number of benzene rings is 5. The topological polar surface area (TPSA) is 6.48 Å². The van der Waals surface area contributed by atoms with Gasteiger partial charge in [-0.2, -0.15) is 0 Å². The van der Waals surface area contributed by atoms with Gasteiger partial charge in [-0.1, -0.05) is 100 Å². The summed E-state index contributed by atoms with van der Waals surface area (Å²) >= 11 is 0. The van der Waals surface area contributed by atoms with Gasteiger partial charge in [-0.05, 0) is 83.6 Å². The lowest BCUT2D eigenvalue weighted by Crippen LogP contribution is -2.30. The van der Waals surface area contributed by atoms with E-state index in [1.165, 1.54) is 56.4 Å². The molecule has 0 atom stereocenters. The van der Waals surface area contributed by atoms with Crippen molar-refractivity contribution in [2.75, 3.05) is 9.80 Å². The molecule has 0 unspecified atom stereocenters. The minimum absolute atomic E-state index is 0.0614. The van der Waals surface area contributed by atoms with E-state index in [0.717, 1.165) is 12.8 Å². The highest BCUT2D eigenvalue weighted by atomic mass is 15.2. The fourth-order valence-electron chi connectivity index (χ4n) is 6.16. The molecule has 1 aliphatic rings. The Morgan fingerprint density at radius 2 is 0.974 bits per heavy atom. The van der Waals surface area contributed by atoms with Gasteiger partial charge in [-0.3, -0.25) is 0 Å². The van der Waals surface area contributed by atoms with Crippen LogP contribution in [0.4, 0.5) is 34.1 Å². The van der Waals surface area contributed by atoms with Crippen molar-refractivity contribution >= 4 is 34.1 Å². The molecule has 0 bridgehead atoms. The highest BCUT2D eigenvalue weighted by molar-refractivity contribution is 5.87. The molecule has 1 heterocycles. The van der Waals surface area contributed by atoms with Gasteiger partial charge in [-0.15, -0.1) is 0 Å². The first-order chi connectivity index (χ1) is 19.0. The molecule has 0 spiro atoms. The zero-order valence-electron chi connectivity index (χ0n) is 23.4. The third-order valence-electron chi connectivity index (χ3n) is 8.23. The van der Waals surface area contributed by atoms with E-state index in [1.54, 1.807) is 0 Å². The minimum atomic E-state index is -0.0614. The van der Waals surface area contributed by atoms with E-state index < -0.39 is 0 Å². The SMILES string of the molecule is CCc1ccccc1N(c1ccc(N2c3ccccc3C(C)(C)c3ccccc32)cc1)c1ccccc1CC. The molecule has 0 N–H and O–H groups in total. The van der Waals surface area contributed by atoms with Crippen molar-refractivity contribution in [2.45, 2.75) is 46.0 Å². The fourth-order valence-corrected chi connectivity index (χ4v) is 6.16. The molecule has 2 nitrogen and oxygen atoms in total. The summed E-state index contributed by atoms with van der Waals surface area (Å²) in [6.07, 6.45) is 1.96. The third kappa shape index (κ3) is 4.21. The molecule has 0 saturated carbocycles. The van der Waals surface area contributed by atoms with Gasteiger partial charge in [0.2, 0.25) is 0 Å². The van der Waals surface area contributed by atoms with Crippen molar-refractivity contribution in [1.82, 2.24) is 0 Å². The van der Waals surface area contributed by atoms with Crippen LogP contribution in [-0.4, -0.2) is 0 Å². The quantitative estimate of drug-likeness (QED) is 0.225. The lowest BCUT2D eigenvalue weighted by atomic mass is 9.73. The summed E-state index contributed by atoms with van der Waals surface area (Å²) in [5.41, 5.74) is 12.6. The molecule has 0 radical (unpaired) electrons. The predicted octanol–water partition coefficient (Wildman–Crippen LogP) is 10.4. The number of aryl methyl sites for hydroxylation is 2. The third-order valence-corrected chi connectivity index (χ3v) is 8.23. The summed E-state index contributed by atoms with van der Waals surface area (Å²) in [7, 11) is 0. The van der Waals surface area contributed by atoms with Crippen LogP contribution < -0.4 is 9.80 Å². The number of para-hydroxylation sites is 4. The smallest absolute Gasteiger partial charge is 0.0502 e. The lowest BCUT2D eigenvalue weighted by Gasteiger charge is -2.42. The molecule has 0 fully saturated rings. The Balaban J connectivity index is 1.50. The molecule has 0 aliphatic carbocycles. The van der Waals surface area contributed by atoms with Crippen LogP contribution in [0.2, 0.25) is 0 Å². The van der Waals surface area contributed by atoms with Gasteiger partial charge in [0.15, 0.2) is 0 Å². The standard InChI is InChI=1S/C37H36N2/c1-5-27-15-7-11-19-33(27)38(34-20-12-8-16-28(34)6-2)29-23-25-30(26-24-29)39-35-21-13-9-17-31(35)37(3,4)32-18-10-14-22-36(32)39/h7-26H,5-6H2,1-4H3. The summed E-state index contributed by atoms with van der Waals surface area (Å²) in [5, 5.41) is 0. The Morgan fingerprint density at radius 1 is 0.538 bits per heavy atom. The van der Waals surface area contributed by atoms with Crippen LogP contribution in [0.3, 0.4) is 0 Å². The Bertz CT molecular complexity index is 1520.